The lowest BCUT2D eigenvalue weighted by atomic mass is 9.85. The summed E-state index contributed by atoms with van der Waals surface area (Å²) in [5, 5.41) is 27.2. The SMILES string of the molecule is Cc1ncsc1-c1ccc([C@H](C)NC(=O)[C@@H]2C[C@@H](O)CN2C(=O)[C@@H](NC(=O)COc2nccc(N3CCN(C(=O)C[C@@H]4N=C(c5ccc(Cl)cc5)c5c(sc(C)c5C)-n5c(C)nnc54)CC3)n2)C(C)(C)C)cc1. The molecule has 382 valence electrons. The van der Waals surface area contributed by atoms with E-state index in [1.807, 2.05) is 110 Å². The van der Waals surface area contributed by atoms with E-state index in [0.717, 1.165) is 59.8 Å². The van der Waals surface area contributed by atoms with Gasteiger partial charge in [-0.1, -0.05) is 68.8 Å². The van der Waals surface area contributed by atoms with Crippen LogP contribution in [0.25, 0.3) is 15.4 Å². The number of β-amino-alcohol motifs (C(OH)–C–C–N with tert-alkyl or cyclic N) is 1. The third kappa shape index (κ3) is 10.9. The second-order valence-electron chi connectivity index (χ2n) is 19.8. The van der Waals surface area contributed by atoms with Gasteiger partial charge in [0.15, 0.2) is 12.4 Å². The first-order valence-electron chi connectivity index (χ1n) is 24.3. The van der Waals surface area contributed by atoms with Crippen molar-refractivity contribution in [1.82, 2.24) is 50.1 Å². The molecule has 0 radical (unpaired) electrons. The van der Waals surface area contributed by atoms with E-state index in [0.29, 0.717) is 42.8 Å². The molecule has 4 amide bonds. The van der Waals surface area contributed by atoms with Gasteiger partial charge in [0.2, 0.25) is 17.7 Å². The van der Waals surface area contributed by atoms with Crippen LogP contribution in [0.15, 0.2) is 71.3 Å². The van der Waals surface area contributed by atoms with Crippen LogP contribution in [0.1, 0.15) is 97.1 Å². The maximum absolute atomic E-state index is 14.3. The fraction of sp³-hybridized carbons (Fsp3) is 0.423. The van der Waals surface area contributed by atoms with Crippen molar-refractivity contribution < 1.29 is 29.0 Å². The van der Waals surface area contributed by atoms with Crippen molar-refractivity contribution in [3.63, 3.8) is 0 Å². The Hall–Kier alpha value is -6.61. The third-order valence-corrected chi connectivity index (χ3v) is 16.1. The van der Waals surface area contributed by atoms with E-state index in [1.54, 1.807) is 34.9 Å². The zero-order chi connectivity index (χ0) is 51.9. The average Bonchev–Trinajstić information content (AvgIpc) is 4.14. The predicted octanol–water partition coefficient (Wildman–Crippen LogP) is 6.51. The highest BCUT2D eigenvalue weighted by molar-refractivity contribution is 7.15. The molecule has 2 aromatic carbocycles. The Morgan fingerprint density at radius 1 is 0.918 bits per heavy atom. The minimum absolute atomic E-state index is 0.0346. The van der Waals surface area contributed by atoms with Crippen LogP contribution in [0.2, 0.25) is 5.02 Å². The zero-order valence-electron chi connectivity index (χ0n) is 42.0. The molecule has 2 fully saturated rings. The Kier molecular flexibility index (Phi) is 14.8. The Morgan fingerprint density at radius 2 is 1.63 bits per heavy atom. The molecule has 18 nitrogen and oxygen atoms in total. The van der Waals surface area contributed by atoms with Crippen molar-refractivity contribution in [1.29, 1.82) is 0 Å². The zero-order valence-corrected chi connectivity index (χ0v) is 44.4. The number of carbonyl (C=O) groups excluding carboxylic acids is 4. The van der Waals surface area contributed by atoms with Crippen molar-refractivity contribution in [2.75, 3.05) is 44.2 Å². The number of aliphatic hydroxyl groups excluding tert-OH is 1. The number of hydrogen-bond donors (Lipinski definition) is 3. The first-order valence-corrected chi connectivity index (χ1v) is 26.4. The lowest BCUT2D eigenvalue weighted by molar-refractivity contribution is -0.144. The van der Waals surface area contributed by atoms with E-state index in [-0.39, 0.29) is 37.3 Å². The van der Waals surface area contributed by atoms with Crippen LogP contribution in [0.5, 0.6) is 6.01 Å². The molecule has 21 heteroatoms. The number of piperazine rings is 1. The second kappa shape index (κ2) is 21.1. The molecule has 0 unspecified atom stereocenters. The highest BCUT2D eigenvalue weighted by Gasteiger charge is 2.45. The van der Waals surface area contributed by atoms with E-state index in [4.69, 9.17) is 21.3 Å². The number of rotatable bonds is 13. The standard InChI is InChI=1S/C52H59ClN12O6S2/c1-28-31(4)73-50-43(28)44(34-13-15-36(53)16-14-34)57-38(47-61-60-32(5)65(47)50)24-42(68)63-21-19-62(20-22-63)40-17-18-54-51(58-40)71-26-41(67)59-46(52(6,7)8)49(70)64-25-37(66)23-39(64)48(69)56-29(2)33-9-11-35(12-10-33)45-30(3)55-27-72-45/h9-18,27,29,37-39,46,66H,19-26H2,1-8H3,(H,56,69)(H,59,67)/t29-,37+,38-,39-,46+/m0/s1. The number of nitrogens with zero attached hydrogens (tertiary/aromatic N) is 10. The van der Waals surface area contributed by atoms with Crippen LogP contribution in [0.4, 0.5) is 5.82 Å². The molecular formula is C52H59ClN12O6S2. The molecule has 3 N–H and O–H groups in total. The molecule has 3 aliphatic heterocycles. The molecule has 73 heavy (non-hydrogen) atoms. The van der Waals surface area contributed by atoms with E-state index < -0.39 is 54.0 Å². The smallest absolute Gasteiger partial charge is 0.318 e. The average molecular weight is 1050 g/mol. The number of aliphatic hydroxyl groups is 1. The summed E-state index contributed by atoms with van der Waals surface area (Å²) >= 11 is 9.52. The molecule has 2 saturated heterocycles. The van der Waals surface area contributed by atoms with E-state index in [9.17, 15) is 24.3 Å². The molecule has 6 aromatic rings. The summed E-state index contributed by atoms with van der Waals surface area (Å²) in [7, 11) is 0. The normalized spacial score (nSPS) is 18.6. The Labute approximate surface area is 436 Å². The molecule has 9 rings (SSSR count). The predicted molar refractivity (Wildman–Crippen MR) is 281 cm³/mol. The topological polar surface area (TPSA) is 213 Å². The number of hydrogen-bond acceptors (Lipinski definition) is 15. The lowest BCUT2D eigenvalue weighted by Crippen LogP contribution is -2.58. The summed E-state index contributed by atoms with van der Waals surface area (Å²) in [5.74, 6) is 0.361. The summed E-state index contributed by atoms with van der Waals surface area (Å²) in [5.41, 5.74) is 7.70. The first kappa shape index (κ1) is 51.3. The van der Waals surface area contributed by atoms with Crippen LogP contribution in [0.3, 0.4) is 0 Å². The number of aryl methyl sites for hydroxylation is 3. The van der Waals surface area contributed by atoms with E-state index >= 15 is 0 Å². The molecule has 7 heterocycles. The van der Waals surface area contributed by atoms with Crippen LogP contribution in [-0.2, 0) is 19.2 Å². The highest BCUT2D eigenvalue weighted by Crippen LogP contribution is 2.40. The minimum atomic E-state index is -1.06. The molecule has 0 saturated carbocycles. The number of nitrogens with one attached hydrogen (secondary N) is 2. The van der Waals surface area contributed by atoms with Crippen molar-refractivity contribution in [3.8, 4) is 21.5 Å². The number of carbonyl (C=O) groups is 4. The quantitative estimate of drug-likeness (QED) is 0.113. The molecular weight excluding hydrogens is 988 g/mol. The fourth-order valence-corrected chi connectivity index (χ4v) is 11.7. The van der Waals surface area contributed by atoms with E-state index in [2.05, 4.69) is 49.6 Å². The molecule has 0 spiro atoms. The number of halogens is 1. The monoisotopic (exact) mass is 1050 g/mol. The van der Waals surface area contributed by atoms with Crippen LogP contribution >= 0.6 is 34.3 Å². The minimum Gasteiger partial charge on any atom is -0.453 e. The summed E-state index contributed by atoms with van der Waals surface area (Å²) in [6, 6.07) is 14.2. The van der Waals surface area contributed by atoms with E-state index in [1.165, 1.54) is 4.90 Å². The van der Waals surface area contributed by atoms with Crippen molar-refractivity contribution >= 4 is 69.4 Å². The van der Waals surface area contributed by atoms with Gasteiger partial charge < -0.3 is 35.2 Å². The van der Waals surface area contributed by atoms with Crippen molar-refractivity contribution in [3.05, 3.63) is 116 Å². The number of ether oxygens (including phenoxy) is 1. The fourth-order valence-electron chi connectivity index (χ4n) is 9.54. The molecule has 0 bridgehead atoms. The van der Waals surface area contributed by atoms with Crippen molar-refractivity contribution in [2.24, 2.45) is 10.4 Å². The number of anilines is 1. The highest BCUT2D eigenvalue weighted by atomic mass is 35.5. The summed E-state index contributed by atoms with van der Waals surface area (Å²) in [4.78, 5) is 81.6. The molecule has 5 atom stereocenters. The number of thiophene rings is 1. The lowest BCUT2D eigenvalue weighted by Gasteiger charge is -2.36. The second-order valence-corrected chi connectivity index (χ2v) is 22.3. The Balaban J connectivity index is 0.800. The summed E-state index contributed by atoms with van der Waals surface area (Å²) in [6.07, 6.45) is 0.778. The van der Waals surface area contributed by atoms with Gasteiger partial charge in [0, 0.05) is 66.4 Å². The Bertz CT molecular complexity index is 3070. The van der Waals surface area contributed by atoms with Gasteiger partial charge in [-0.3, -0.25) is 28.7 Å². The number of amides is 4. The van der Waals surface area contributed by atoms with Crippen LogP contribution < -0.4 is 20.3 Å². The number of thiazole rings is 1. The first-order chi connectivity index (χ1) is 34.8. The van der Waals surface area contributed by atoms with Gasteiger partial charge in [0.05, 0.1) is 40.4 Å². The van der Waals surface area contributed by atoms with Gasteiger partial charge in [-0.15, -0.1) is 32.9 Å². The maximum atomic E-state index is 14.3. The summed E-state index contributed by atoms with van der Waals surface area (Å²) < 4.78 is 7.83. The third-order valence-electron chi connectivity index (χ3n) is 13.7. The molecule has 0 aliphatic carbocycles. The number of fused-ring (bicyclic) bond motifs is 3. The van der Waals surface area contributed by atoms with Gasteiger partial charge in [-0.2, -0.15) is 4.98 Å². The Morgan fingerprint density at radius 3 is 2.32 bits per heavy atom. The molecule has 3 aliphatic rings. The largest absolute Gasteiger partial charge is 0.453 e. The summed E-state index contributed by atoms with van der Waals surface area (Å²) in [6.45, 7) is 16.7. The number of benzene rings is 2. The van der Waals surface area contributed by atoms with Gasteiger partial charge in [-0.05, 0) is 74.9 Å². The van der Waals surface area contributed by atoms with Crippen molar-refractivity contribution in [2.45, 2.75) is 98.5 Å². The number of aliphatic imine (C=N–C) groups is 1. The molecule has 4 aromatic heterocycles. The van der Waals surface area contributed by atoms with Crippen LogP contribution in [-0.4, -0.2) is 131 Å². The van der Waals surface area contributed by atoms with Gasteiger partial charge in [0.25, 0.3) is 5.91 Å². The van der Waals surface area contributed by atoms with Gasteiger partial charge in [0.1, 0.15) is 34.8 Å². The van der Waals surface area contributed by atoms with Gasteiger partial charge >= 0.3 is 6.01 Å². The van der Waals surface area contributed by atoms with Gasteiger partial charge in [-0.25, -0.2) is 9.97 Å². The number of likely N-dealkylation sites (tertiary alicyclic amines) is 1. The van der Waals surface area contributed by atoms with Crippen LogP contribution in [0, 0.1) is 33.1 Å². The maximum Gasteiger partial charge on any atom is 0.318 e. The number of aromatic nitrogens is 6.